The van der Waals surface area contributed by atoms with Crippen LogP contribution >= 0.6 is 0 Å². The van der Waals surface area contributed by atoms with Crippen LogP contribution in [-0.2, 0) is 16.1 Å². The van der Waals surface area contributed by atoms with Crippen LogP contribution in [0.4, 0.5) is 4.79 Å². The van der Waals surface area contributed by atoms with Crippen molar-refractivity contribution in [1.29, 1.82) is 0 Å². The largest absolute Gasteiger partial charge is 0.481 e. The summed E-state index contributed by atoms with van der Waals surface area (Å²) in [5, 5.41) is 11.9. The van der Waals surface area contributed by atoms with Gasteiger partial charge in [0.25, 0.3) is 0 Å². The van der Waals surface area contributed by atoms with Crippen molar-refractivity contribution in [2.24, 2.45) is 5.92 Å². The second-order valence-corrected chi connectivity index (χ2v) is 5.31. The standard InChI is InChI=1S/C15H20N2O4/c1-17-8-7-13(12(9-17)14(18)19)16-15(20)21-10-11-5-3-2-4-6-11/h2-6,12-13H,7-10H2,1H3,(H,16,20)(H,18,19)/t12-,13+/m0/s1. The summed E-state index contributed by atoms with van der Waals surface area (Å²) in [7, 11) is 1.87. The van der Waals surface area contributed by atoms with E-state index in [1.807, 2.05) is 42.3 Å². The number of aliphatic carboxylic acids is 1. The quantitative estimate of drug-likeness (QED) is 0.875. The van der Waals surface area contributed by atoms with Crippen LogP contribution in [0.25, 0.3) is 0 Å². The van der Waals surface area contributed by atoms with E-state index in [1.165, 1.54) is 0 Å². The molecule has 0 aromatic heterocycles. The molecule has 1 saturated heterocycles. The van der Waals surface area contributed by atoms with Gasteiger partial charge in [-0.25, -0.2) is 4.79 Å². The summed E-state index contributed by atoms with van der Waals surface area (Å²) in [5.41, 5.74) is 0.894. The molecule has 1 aliphatic heterocycles. The summed E-state index contributed by atoms with van der Waals surface area (Å²) >= 11 is 0. The van der Waals surface area contributed by atoms with Gasteiger partial charge in [0.15, 0.2) is 0 Å². The SMILES string of the molecule is CN1CC[C@@H](NC(=O)OCc2ccccc2)[C@@H](C(=O)O)C1. The summed E-state index contributed by atoms with van der Waals surface area (Å²) in [6.45, 7) is 1.36. The van der Waals surface area contributed by atoms with Gasteiger partial charge in [-0.2, -0.15) is 0 Å². The molecule has 1 heterocycles. The second-order valence-electron chi connectivity index (χ2n) is 5.31. The Bertz CT molecular complexity index is 492. The third kappa shape index (κ3) is 4.46. The van der Waals surface area contributed by atoms with Crippen LogP contribution in [-0.4, -0.2) is 48.2 Å². The van der Waals surface area contributed by atoms with E-state index >= 15 is 0 Å². The van der Waals surface area contributed by atoms with E-state index < -0.39 is 18.0 Å². The lowest BCUT2D eigenvalue weighted by molar-refractivity contribution is -0.144. The van der Waals surface area contributed by atoms with Crippen molar-refractivity contribution in [2.75, 3.05) is 20.1 Å². The van der Waals surface area contributed by atoms with E-state index in [4.69, 9.17) is 4.74 Å². The van der Waals surface area contributed by atoms with Gasteiger partial charge in [0.05, 0.1) is 5.92 Å². The van der Waals surface area contributed by atoms with Crippen molar-refractivity contribution in [3.63, 3.8) is 0 Å². The van der Waals surface area contributed by atoms with Gasteiger partial charge in [0.1, 0.15) is 6.61 Å². The Morgan fingerprint density at radius 2 is 2.10 bits per heavy atom. The number of carboxylic acids is 1. The Balaban J connectivity index is 1.85. The number of hydrogen-bond donors (Lipinski definition) is 2. The fourth-order valence-electron chi connectivity index (χ4n) is 2.45. The molecule has 0 bridgehead atoms. The smallest absolute Gasteiger partial charge is 0.407 e. The molecule has 2 atom stereocenters. The number of carbonyl (C=O) groups excluding carboxylic acids is 1. The maximum absolute atomic E-state index is 11.8. The number of likely N-dealkylation sites (tertiary alicyclic amines) is 1. The fraction of sp³-hybridized carbons (Fsp3) is 0.467. The van der Waals surface area contributed by atoms with Crippen LogP contribution in [0.2, 0.25) is 0 Å². The van der Waals surface area contributed by atoms with Gasteiger partial charge in [-0.3, -0.25) is 4.79 Å². The highest BCUT2D eigenvalue weighted by Crippen LogP contribution is 2.16. The highest BCUT2D eigenvalue weighted by Gasteiger charge is 2.34. The van der Waals surface area contributed by atoms with Gasteiger partial charge in [-0.15, -0.1) is 0 Å². The number of carbonyl (C=O) groups is 2. The van der Waals surface area contributed by atoms with Crippen molar-refractivity contribution in [2.45, 2.75) is 19.1 Å². The van der Waals surface area contributed by atoms with Crippen LogP contribution in [0.5, 0.6) is 0 Å². The number of carboxylic acid groups (broad SMARTS) is 1. The van der Waals surface area contributed by atoms with E-state index in [0.717, 1.165) is 12.1 Å². The zero-order valence-corrected chi connectivity index (χ0v) is 12.0. The van der Waals surface area contributed by atoms with Crippen molar-refractivity contribution in [3.05, 3.63) is 35.9 Å². The minimum atomic E-state index is -0.894. The molecule has 0 spiro atoms. The fourth-order valence-corrected chi connectivity index (χ4v) is 2.45. The first-order valence-electron chi connectivity index (χ1n) is 6.95. The predicted octanol–water partition coefficient (Wildman–Crippen LogP) is 1.32. The van der Waals surface area contributed by atoms with E-state index in [9.17, 15) is 14.7 Å². The highest BCUT2D eigenvalue weighted by atomic mass is 16.5. The molecule has 0 unspecified atom stereocenters. The number of piperidine rings is 1. The molecule has 2 N–H and O–H groups in total. The number of alkyl carbamates (subject to hydrolysis) is 1. The van der Waals surface area contributed by atoms with Gasteiger partial charge in [0.2, 0.25) is 0 Å². The van der Waals surface area contributed by atoms with Crippen molar-refractivity contribution >= 4 is 12.1 Å². The molecular formula is C15H20N2O4. The van der Waals surface area contributed by atoms with Crippen molar-refractivity contribution in [1.82, 2.24) is 10.2 Å². The van der Waals surface area contributed by atoms with Gasteiger partial charge < -0.3 is 20.1 Å². The molecule has 0 saturated carbocycles. The number of amides is 1. The number of nitrogens with zero attached hydrogens (tertiary/aromatic N) is 1. The van der Waals surface area contributed by atoms with E-state index in [-0.39, 0.29) is 12.6 Å². The molecule has 0 radical (unpaired) electrons. The predicted molar refractivity (Wildman–Crippen MR) is 76.8 cm³/mol. The second kappa shape index (κ2) is 7.08. The molecule has 1 amide bonds. The molecule has 6 heteroatoms. The third-order valence-electron chi connectivity index (χ3n) is 3.65. The zero-order chi connectivity index (χ0) is 15.2. The Hall–Kier alpha value is -2.08. The monoisotopic (exact) mass is 292 g/mol. The van der Waals surface area contributed by atoms with E-state index in [1.54, 1.807) is 0 Å². The highest BCUT2D eigenvalue weighted by molar-refractivity contribution is 5.74. The number of nitrogens with one attached hydrogen (secondary N) is 1. The van der Waals surface area contributed by atoms with Crippen LogP contribution in [0, 0.1) is 5.92 Å². The number of benzene rings is 1. The number of hydrogen-bond acceptors (Lipinski definition) is 4. The lowest BCUT2D eigenvalue weighted by Crippen LogP contribution is -2.52. The number of rotatable bonds is 4. The first-order valence-corrected chi connectivity index (χ1v) is 6.95. The Labute approximate surface area is 123 Å². The molecule has 0 aliphatic carbocycles. The van der Waals surface area contributed by atoms with Gasteiger partial charge in [-0.1, -0.05) is 30.3 Å². The first kappa shape index (κ1) is 15.3. The summed E-state index contributed by atoms with van der Waals surface area (Å²) in [6, 6.07) is 8.97. The minimum Gasteiger partial charge on any atom is -0.481 e. The number of ether oxygens (including phenoxy) is 1. The molecule has 1 fully saturated rings. The lowest BCUT2D eigenvalue weighted by atomic mass is 9.92. The zero-order valence-electron chi connectivity index (χ0n) is 12.0. The minimum absolute atomic E-state index is 0.178. The molecule has 2 rings (SSSR count). The van der Waals surface area contributed by atoms with Gasteiger partial charge in [-0.05, 0) is 25.6 Å². The van der Waals surface area contributed by atoms with Crippen molar-refractivity contribution < 1.29 is 19.4 Å². The summed E-state index contributed by atoms with van der Waals surface area (Å²) in [4.78, 5) is 25.0. The van der Waals surface area contributed by atoms with Crippen LogP contribution in [0.3, 0.4) is 0 Å². The van der Waals surface area contributed by atoms with Gasteiger partial charge in [0, 0.05) is 12.6 Å². The van der Waals surface area contributed by atoms with Crippen molar-refractivity contribution in [3.8, 4) is 0 Å². The summed E-state index contributed by atoms with van der Waals surface area (Å²) < 4.78 is 5.13. The topological polar surface area (TPSA) is 78.9 Å². The summed E-state index contributed by atoms with van der Waals surface area (Å²) in [6.07, 6.45) is 0.0353. The van der Waals surface area contributed by atoms with Crippen LogP contribution < -0.4 is 5.32 Å². The Morgan fingerprint density at radius 1 is 1.38 bits per heavy atom. The van der Waals surface area contributed by atoms with E-state index in [0.29, 0.717) is 13.0 Å². The Kier molecular flexibility index (Phi) is 5.16. The molecule has 1 aromatic rings. The summed E-state index contributed by atoms with van der Waals surface area (Å²) in [5.74, 6) is -1.50. The normalized spacial score (nSPS) is 22.5. The molecular weight excluding hydrogens is 272 g/mol. The van der Waals surface area contributed by atoms with Crippen LogP contribution in [0.15, 0.2) is 30.3 Å². The molecule has 114 valence electrons. The molecule has 21 heavy (non-hydrogen) atoms. The van der Waals surface area contributed by atoms with E-state index in [2.05, 4.69) is 5.32 Å². The maximum atomic E-state index is 11.8. The Morgan fingerprint density at radius 3 is 2.76 bits per heavy atom. The lowest BCUT2D eigenvalue weighted by Gasteiger charge is -2.34. The first-order chi connectivity index (χ1) is 10.1. The molecule has 1 aromatic carbocycles. The van der Waals surface area contributed by atoms with Gasteiger partial charge >= 0.3 is 12.1 Å². The van der Waals surface area contributed by atoms with Crippen LogP contribution in [0.1, 0.15) is 12.0 Å². The average molecular weight is 292 g/mol. The average Bonchev–Trinajstić information content (AvgIpc) is 2.48. The molecule has 1 aliphatic rings. The molecule has 6 nitrogen and oxygen atoms in total. The third-order valence-corrected chi connectivity index (χ3v) is 3.65. The maximum Gasteiger partial charge on any atom is 0.407 e.